The second kappa shape index (κ2) is 7.35. The van der Waals surface area contributed by atoms with E-state index in [2.05, 4.69) is 15.3 Å². The molecule has 3 rings (SSSR count). The topological polar surface area (TPSA) is 121 Å². The molecule has 0 bridgehead atoms. The lowest BCUT2D eigenvalue weighted by Gasteiger charge is -2.35. The van der Waals surface area contributed by atoms with Crippen LogP contribution in [-0.2, 0) is 10.2 Å². The number of carboxylic acid groups (broad SMARTS) is 1. The van der Waals surface area contributed by atoms with Gasteiger partial charge in [0.15, 0.2) is 5.65 Å². The first-order valence-electron chi connectivity index (χ1n) is 7.96. The van der Waals surface area contributed by atoms with Gasteiger partial charge < -0.3 is 15.3 Å². The predicted octanol–water partition coefficient (Wildman–Crippen LogP) is 0.875. The second-order valence-electron chi connectivity index (χ2n) is 6.27. The van der Waals surface area contributed by atoms with Gasteiger partial charge in [0.25, 0.3) is 0 Å². The lowest BCUT2D eigenvalue weighted by molar-refractivity contribution is 0.168. The summed E-state index contributed by atoms with van der Waals surface area (Å²) >= 11 is 1.98. The van der Waals surface area contributed by atoms with Crippen LogP contribution < -0.4 is 10.2 Å². The Balaban J connectivity index is 1.95. The van der Waals surface area contributed by atoms with E-state index < -0.39 is 28.5 Å². The van der Waals surface area contributed by atoms with Crippen LogP contribution in [0.2, 0.25) is 0 Å². The molecule has 3 heterocycles. The summed E-state index contributed by atoms with van der Waals surface area (Å²) < 4.78 is 42.1. The monoisotopic (exact) mass is 512 g/mol. The molecule has 1 fully saturated rings. The number of nitrogens with one attached hydrogen (secondary N) is 1. The molecule has 1 amide bonds. The molecule has 0 aromatic carbocycles. The molecular weight excluding hydrogens is 494 g/mol. The highest BCUT2D eigenvalue weighted by Crippen LogP contribution is 2.26. The standard InChI is InChI=1S/C14H18FIN6O4S/c1-20(2)27(25,26)22-7-9(16)12-13(22)19-11(5-17-12)21-4-3-10(8(15)6-21)18-14(23)24/h5,7-8,10,18H,3-4,6H2,1-2H3,(H,23,24)/t8-,10+/m1/s1. The Hall–Kier alpha value is -1.74. The number of alkyl halides is 1. The Morgan fingerprint density at radius 1 is 1.48 bits per heavy atom. The van der Waals surface area contributed by atoms with Gasteiger partial charge in [-0.1, -0.05) is 0 Å². The Kier molecular flexibility index (Phi) is 5.45. The van der Waals surface area contributed by atoms with E-state index in [4.69, 9.17) is 5.11 Å². The molecule has 1 aliphatic rings. The van der Waals surface area contributed by atoms with Crippen molar-refractivity contribution in [2.24, 2.45) is 0 Å². The van der Waals surface area contributed by atoms with Crippen molar-refractivity contribution in [1.29, 1.82) is 0 Å². The van der Waals surface area contributed by atoms with E-state index in [9.17, 15) is 17.6 Å². The van der Waals surface area contributed by atoms with Crippen molar-refractivity contribution in [1.82, 2.24) is 23.6 Å². The molecule has 10 nitrogen and oxygen atoms in total. The highest BCUT2D eigenvalue weighted by atomic mass is 127. The van der Waals surface area contributed by atoms with Gasteiger partial charge >= 0.3 is 16.3 Å². The molecule has 1 aliphatic heterocycles. The molecule has 2 aromatic rings. The minimum atomic E-state index is -3.79. The van der Waals surface area contributed by atoms with Crippen LogP contribution in [0.25, 0.3) is 11.2 Å². The van der Waals surface area contributed by atoms with E-state index in [1.807, 2.05) is 22.6 Å². The van der Waals surface area contributed by atoms with E-state index >= 15 is 0 Å². The van der Waals surface area contributed by atoms with Crippen LogP contribution in [0.1, 0.15) is 6.42 Å². The maximum Gasteiger partial charge on any atom is 0.404 e. The number of fused-ring (bicyclic) bond motifs is 1. The summed E-state index contributed by atoms with van der Waals surface area (Å²) in [6.45, 7) is 0.299. The number of carbonyl (C=O) groups is 1. The van der Waals surface area contributed by atoms with Crippen LogP contribution >= 0.6 is 22.6 Å². The summed E-state index contributed by atoms with van der Waals surface area (Å²) in [5.41, 5.74) is 0.593. The summed E-state index contributed by atoms with van der Waals surface area (Å²) in [6.07, 6.45) is 0.491. The number of aromatic nitrogens is 3. The number of nitrogens with zero attached hydrogens (tertiary/aromatic N) is 5. The average Bonchev–Trinajstić information content (AvgIpc) is 2.93. The highest BCUT2D eigenvalue weighted by Gasteiger charge is 2.31. The molecular formula is C14H18FIN6O4S. The highest BCUT2D eigenvalue weighted by molar-refractivity contribution is 14.1. The van der Waals surface area contributed by atoms with Gasteiger partial charge in [0.05, 0.1) is 22.4 Å². The zero-order valence-electron chi connectivity index (χ0n) is 14.5. The Bertz CT molecular complexity index is 981. The lowest BCUT2D eigenvalue weighted by Crippen LogP contribution is -2.52. The van der Waals surface area contributed by atoms with Gasteiger partial charge in [0.2, 0.25) is 0 Å². The molecule has 0 radical (unpaired) electrons. The Morgan fingerprint density at radius 2 is 2.19 bits per heavy atom. The number of hydrogen-bond donors (Lipinski definition) is 2. The van der Waals surface area contributed by atoms with E-state index in [1.54, 1.807) is 4.90 Å². The molecule has 13 heteroatoms. The molecule has 0 unspecified atom stereocenters. The van der Waals surface area contributed by atoms with E-state index in [0.29, 0.717) is 21.4 Å². The summed E-state index contributed by atoms with van der Waals surface area (Å²) in [6, 6.07) is -0.783. The Morgan fingerprint density at radius 3 is 2.78 bits per heavy atom. The lowest BCUT2D eigenvalue weighted by atomic mass is 10.0. The fourth-order valence-corrected chi connectivity index (χ4v) is 4.64. The predicted molar refractivity (Wildman–Crippen MR) is 105 cm³/mol. The van der Waals surface area contributed by atoms with Crippen LogP contribution in [0, 0.1) is 3.57 Å². The molecule has 27 heavy (non-hydrogen) atoms. The van der Waals surface area contributed by atoms with Gasteiger partial charge in [-0.15, -0.1) is 0 Å². The van der Waals surface area contributed by atoms with E-state index in [0.717, 1.165) is 8.28 Å². The largest absolute Gasteiger partial charge is 0.465 e. The maximum absolute atomic E-state index is 14.3. The van der Waals surface area contributed by atoms with Crippen LogP contribution in [-0.4, -0.2) is 77.3 Å². The van der Waals surface area contributed by atoms with Crippen LogP contribution in [0.15, 0.2) is 12.4 Å². The number of piperidine rings is 1. The third kappa shape index (κ3) is 3.80. The average molecular weight is 512 g/mol. The van der Waals surface area contributed by atoms with Gasteiger partial charge in [-0.25, -0.2) is 23.1 Å². The van der Waals surface area contributed by atoms with Gasteiger partial charge in [0, 0.05) is 26.8 Å². The number of rotatable bonds is 4. The molecule has 0 spiro atoms. The molecule has 0 aliphatic carbocycles. The number of halogens is 2. The first-order valence-corrected chi connectivity index (χ1v) is 10.4. The third-order valence-electron chi connectivity index (χ3n) is 4.29. The van der Waals surface area contributed by atoms with Crippen molar-refractivity contribution < 1.29 is 22.7 Å². The van der Waals surface area contributed by atoms with Crippen molar-refractivity contribution >= 4 is 55.9 Å². The summed E-state index contributed by atoms with van der Waals surface area (Å²) in [5.74, 6) is 0.337. The smallest absolute Gasteiger partial charge is 0.404 e. The number of anilines is 1. The number of hydrogen-bond acceptors (Lipinski definition) is 6. The fourth-order valence-electron chi connectivity index (χ4n) is 2.86. The molecule has 2 atom stereocenters. The minimum absolute atomic E-state index is 0.0661. The van der Waals surface area contributed by atoms with Gasteiger partial charge in [-0.2, -0.15) is 12.7 Å². The summed E-state index contributed by atoms with van der Waals surface area (Å²) in [5, 5.41) is 10.9. The summed E-state index contributed by atoms with van der Waals surface area (Å²) in [4.78, 5) is 21.0. The first-order chi connectivity index (χ1) is 12.6. The summed E-state index contributed by atoms with van der Waals surface area (Å²) in [7, 11) is -0.957. The molecule has 1 saturated heterocycles. The van der Waals surface area contributed by atoms with Crippen molar-refractivity contribution in [3.63, 3.8) is 0 Å². The number of amides is 1. The fraction of sp³-hybridized carbons (Fsp3) is 0.500. The van der Waals surface area contributed by atoms with Crippen LogP contribution in [0.4, 0.5) is 15.0 Å². The van der Waals surface area contributed by atoms with Crippen LogP contribution in [0.3, 0.4) is 0 Å². The maximum atomic E-state index is 14.3. The molecule has 2 N–H and O–H groups in total. The molecule has 0 saturated carbocycles. The van der Waals surface area contributed by atoms with Gasteiger partial charge in [-0.05, 0) is 29.0 Å². The van der Waals surface area contributed by atoms with Crippen molar-refractivity contribution in [3.8, 4) is 0 Å². The quantitative estimate of drug-likeness (QED) is 0.584. The van der Waals surface area contributed by atoms with E-state index in [-0.39, 0.29) is 18.6 Å². The molecule has 2 aromatic heterocycles. The van der Waals surface area contributed by atoms with E-state index in [1.165, 1.54) is 26.5 Å². The second-order valence-corrected chi connectivity index (χ2v) is 9.45. The van der Waals surface area contributed by atoms with Gasteiger partial charge in [-0.3, -0.25) is 0 Å². The zero-order valence-corrected chi connectivity index (χ0v) is 17.5. The van der Waals surface area contributed by atoms with Crippen molar-refractivity contribution in [2.75, 3.05) is 32.1 Å². The third-order valence-corrected chi connectivity index (χ3v) is 6.78. The van der Waals surface area contributed by atoms with Crippen molar-refractivity contribution in [2.45, 2.75) is 18.6 Å². The first kappa shape index (κ1) is 20.0. The SMILES string of the molecule is CN(C)S(=O)(=O)n1cc(I)c2ncc(N3CC[C@H](NC(=O)O)[C@H](F)C3)nc21. The Labute approximate surface area is 168 Å². The van der Waals surface area contributed by atoms with Crippen LogP contribution in [0.5, 0.6) is 0 Å². The zero-order chi connectivity index (χ0) is 19.9. The minimum Gasteiger partial charge on any atom is -0.465 e. The molecule has 148 valence electrons. The van der Waals surface area contributed by atoms with Crippen molar-refractivity contribution in [3.05, 3.63) is 16.0 Å². The van der Waals surface area contributed by atoms with Gasteiger partial charge in [0.1, 0.15) is 17.5 Å². The normalized spacial score (nSPS) is 21.0.